The number of aliphatic hydroxyl groups excluding tert-OH is 1. The van der Waals surface area contributed by atoms with Crippen molar-refractivity contribution in [3.05, 3.63) is 16.1 Å². The molecule has 0 aliphatic carbocycles. The predicted molar refractivity (Wildman–Crippen MR) is 65.4 cm³/mol. The molecule has 2 heterocycles. The Labute approximate surface area is 98.5 Å². The minimum atomic E-state index is -0.391. The molecule has 1 fully saturated rings. The molecule has 0 radical (unpaired) electrons. The molecule has 0 aromatic carbocycles. The molecule has 2 rings (SSSR count). The Morgan fingerprint density at radius 2 is 2.47 bits per heavy atom. The first-order chi connectivity index (χ1) is 7.18. The SMILES string of the molecule is CC(O)c1cnc(C2CSCCN2C)s1. The van der Waals surface area contributed by atoms with Crippen LogP contribution >= 0.6 is 23.1 Å². The molecular formula is C10H16N2OS2. The van der Waals surface area contributed by atoms with Crippen LogP contribution in [-0.4, -0.2) is 40.1 Å². The van der Waals surface area contributed by atoms with E-state index in [1.165, 1.54) is 5.75 Å². The summed E-state index contributed by atoms with van der Waals surface area (Å²) in [7, 11) is 2.15. The minimum Gasteiger partial charge on any atom is -0.388 e. The molecule has 84 valence electrons. The second-order valence-electron chi connectivity index (χ2n) is 3.85. The van der Waals surface area contributed by atoms with Crippen molar-refractivity contribution < 1.29 is 5.11 Å². The Morgan fingerprint density at radius 3 is 3.07 bits per heavy atom. The summed E-state index contributed by atoms with van der Waals surface area (Å²) >= 11 is 3.62. The molecule has 2 atom stereocenters. The van der Waals surface area contributed by atoms with Crippen molar-refractivity contribution in [3.63, 3.8) is 0 Å². The number of nitrogens with zero attached hydrogens (tertiary/aromatic N) is 2. The molecule has 0 amide bonds. The van der Waals surface area contributed by atoms with Gasteiger partial charge in [-0.1, -0.05) is 0 Å². The first kappa shape index (κ1) is 11.4. The van der Waals surface area contributed by atoms with Gasteiger partial charge < -0.3 is 5.11 Å². The van der Waals surface area contributed by atoms with Gasteiger partial charge in [-0.3, -0.25) is 4.90 Å². The van der Waals surface area contributed by atoms with E-state index < -0.39 is 6.10 Å². The van der Waals surface area contributed by atoms with Crippen LogP contribution in [0.3, 0.4) is 0 Å². The Bertz CT molecular complexity index is 327. The number of aliphatic hydroxyl groups is 1. The lowest BCUT2D eigenvalue weighted by molar-refractivity contribution is 0.203. The molecule has 5 heteroatoms. The molecule has 1 N–H and O–H groups in total. The van der Waals surface area contributed by atoms with E-state index in [0.29, 0.717) is 6.04 Å². The summed E-state index contributed by atoms with van der Waals surface area (Å²) < 4.78 is 0. The molecule has 0 spiro atoms. The molecule has 1 saturated heterocycles. The third-order valence-corrected chi connectivity index (χ3v) is 4.93. The molecule has 2 unspecified atom stereocenters. The average Bonchev–Trinajstić information content (AvgIpc) is 2.67. The van der Waals surface area contributed by atoms with Gasteiger partial charge in [0.05, 0.1) is 17.0 Å². The van der Waals surface area contributed by atoms with Crippen molar-refractivity contribution in [3.8, 4) is 0 Å². The fraction of sp³-hybridized carbons (Fsp3) is 0.700. The fourth-order valence-electron chi connectivity index (χ4n) is 1.59. The van der Waals surface area contributed by atoms with Gasteiger partial charge in [0.25, 0.3) is 0 Å². The van der Waals surface area contributed by atoms with Crippen molar-refractivity contribution in [2.24, 2.45) is 0 Å². The third-order valence-electron chi connectivity index (χ3n) is 2.63. The second kappa shape index (κ2) is 4.82. The van der Waals surface area contributed by atoms with Crippen LogP contribution in [0.1, 0.15) is 29.0 Å². The van der Waals surface area contributed by atoms with Crippen molar-refractivity contribution >= 4 is 23.1 Å². The molecule has 3 nitrogen and oxygen atoms in total. The van der Waals surface area contributed by atoms with Crippen LogP contribution in [-0.2, 0) is 0 Å². The maximum absolute atomic E-state index is 9.45. The number of hydrogen-bond acceptors (Lipinski definition) is 5. The number of rotatable bonds is 2. The smallest absolute Gasteiger partial charge is 0.111 e. The summed E-state index contributed by atoms with van der Waals surface area (Å²) in [4.78, 5) is 7.73. The van der Waals surface area contributed by atoms with E-state index in [-0.39, 0.29) is 0 Å². The van der Waals surface area contributed by atoms with Gasteiger partial charge in [0, 0.05) is 24.2 Å². The Hall–Kier alpha value is -0.100. The molecule has 0 bridgehead atoms. The zero-order valence-electron chi connectivity index (χ0n) is 9.01. The van der Waals surface area contributed by atoms with Crippen molar-refractivity contribution in [2.45, 2.75) is 19.1 Å². The number of thiazole rings is 1. The van der Waals surface area contributed by atoms with Gasteiger partial charge in [-0.05, 0) is 14.0 Å². The first-order valence-corrected chi connectivity index (χ1v) is 7.07. The van der Waals surface area contributed by atoms with Gasteiger partial charge in [-0.2, -0.15) is 11.8 Å². The molecule has 1 aliphatic heterocycles. The summed E-state index contributed by atoms with van der Waals surface area (Å²) in [6.45, 7) is 2.91. The van der Waals surface area contributed by atoms with Crippen molar-refractivity contribution in [1.82, 2.24) is 9.88 Å². The number of aromatic nitrogens is 1. The van der Waals surface area contributed by atoms with Crippen LogP contribution in [0.2, 0.25) is 0 Å². The maximum Gasteiger partial charge on any atom is 0.111 e. The largest absolute Gasteiger partial charge is 0.388 e. The van der Waals surface area contributed by atoms with Crippen LogP contribution in [0.25, 0.3) is 0 Å². The average molecular weight is 244 g/mol. The van der Waals surface area contributed by atoms with E-state index in [1.54, 1.807) is 24.5 Å². The number of thioether (sulfide) groups is 1. The van der Waals surface area contributed by atoms with Gasteiger partial charge in [-0.15, -0.1) is 11.3 Å². The van der Waals surface area contributed by atoms with E-state index in [4.69, 9.17) is 0 Å². The maximum atomic E-state index is 9.45. The summed E-state index contributed by atoms with van der Waals surface area (Å²) in [6.07, 6.45) is 1.41. The van der Waals surface area contributed by atoms with Crippen LogP contribution in [0.15, 0.2) is 6.20 Å². The topological polar surface area (TPSA) is 36.4 Å². The molecule has 1 aromatic rings. The van der Waals surface area contributed by atoms with E-state index in [9.17, 15) is 5.11 Å². The lowest BCUT2D eigenvalue weighted by Gasteiger charge is -2.30. The molecule has 15 heavy (non-hydrogen) atoms. The van der Waals surface area contributed by atoms with Crippen LogP contribution in [0, 0.1) is 0 Å². The zero-order chi connectivity index (χ0) is 10.8. The first-order valence-electron chi connectivity index (χ1n) is 5.10. The summed E-state index contributed by atoms with van der Waals surface area (Å²) in [5, 5.41) is 10.6. The highest BCUT2D eigenvalue weighted by atomic mass is 32.2. The second-order valence-corrected chi connectivity index (χ2v) is 6.09. The Morgan fingerprint density at radius 1 is 1.67 bits per heavy atom. The van der Waals surface area contributed by atoms with Gasteiger partial charge in [0.15, 0.2) is 0 Å². The van der Waals surface area contributed by atoms with Crippen LogP contribution in [0.4, 0.5) is 0 Å². The van der Waals surface area contributed by atoms with Gasteiger partial charge in [0.1, 0.15) is 5.01 Å². The summed E-state index contributed by atoms with van der Waals surface area (Å²) in [5.74, 6) is 2.32. The molecule has 0 saturated carbocycles. The van der Waals surface area contributed by atoms with E-state index in [0.717, 1.165) is 22.2 Å². The minimum absolute atomic E-state index is 0.391. The number of hydrogen-bond donors (Lipinski definition) is 1. The highest BCUT2D eigenvalue weighted by Gasteiger charge is 2.24. The summed E-state index contributed by atoms with van der Waals surface area (Å²) in [6, 6.07) is 0.432. The lowest BCUT2D eigenvalue weighted by Crippen LogP contribution is -2.32. The lowest BCUT2D eigenvalue weighted by atomic mass is 10.3. The van der Waals surface area contributed by atoms with Crippen molar-refractivity contribution in [1.29, 1.82) is 0 Å². The van der Waals surface area contributed by atoms with Crippen LogP contribution in [0.5, 0.6) is 0 Å². The predicted octanol–water partition coefficient (Wildman–Crippen LogP) is 1.92. The van der Waals surface area contributed by atoms with E-state index >= 15 is 0 Å². The van der Waals surface area contributed by atoms with Gasteiger partial charge >= 0.3 is 0 Å². The van der Waals surface area contributed by atoms with E-state index in [1.807, 2.05) is 11.8 Å². The quantitative estimate of drug-likeness (QED) is 0.862. The van der Waals surface area contributed by atoms with Crippen LogP contribution < -0.4 is 0 Å². The molecule has 1 aromatic heterocycles. The zero-order valence-corrected chi connectivity index (χ0v) is 10.6. The highest BCUT2D eigenvalue weighted by molar-refractivity contribution is 7.99. The molecule has 1 aliphatic rings. The Kier molecular flexibility index (Phi) is 3.66. The molecular weight excluding hydrogens is 228 g/mol. The standard InChI is InChI=1S/C10H16N2OS2/c1-7(13)9-5-11-10(15-9)8-6-14-4-3-12(8)2/h5,7-8,13H,3-4,6H2,1-2H3. The summed E-state index contributed by atoms with van der Waals surface area (Å²) in [5.41, 5.74) is 0. The monoisotopic (exact) mass is 244 g/mol. The van der Waals surface area contributed by atoms with Gasteiger partial charge in [-0.25, -0.2) is 4.98 Å². The third kappa shape index (κ3) is 2.53. The van der Waals surface area contributed by atoms with Gasteiger partial charge in [0.2, 0.25) is 0 Å². The van der Waals surface area contributed by atoms with E-state index in [2.05, 4.69) is 16.9 Å². The van der Waals surface area contributed by atoms with Crippen molar-refractivity contribution in [2.75, 3.05) is 25.1 Å². The highest BCUT2D eigenvalue weighted by Crippen LogP contribution is 2.32. The Balaban J connectivity index is 2.13. The normalized spacial score (nSPS) is 25.4. The fourth-order valence-corrected chi connectivity index (χ4v) is 3.94.